The zero-order chi connectivity index (χ0) is 18.2. The van der Waals surface area contributed by atoms with E-state index in [2.05, 4.69) is 34.4 Å². The molecule has 0 spiro atoms. The van der Waals surface area contributed by atoms with E-state index in [9.17, 15) is 8.42 Å². The third-order valence-electron chi connectivity index (χ3n) is 3.97. The van der Waals surface area contributed by atoms with Crippen molar-refractivity contribution >= 4 is 39.8 Å². The van der Waals surface area contributed by atoms with Gasteiger partial charge in [-0.2, -0.15) is 0 Å². The van der Waals surface area contributed by atoms with Crippen molar-refractivity contribution in [1.29, 1.82) is 0 Å². The van der Waals surface area contributed by atoms with Gasteiger partial charge in [-0.05, 0) is 33.6 Å². The third-order valence-corrected chi connectivity index (χ3v) is 4.94. The second kappa shape index (κ2) is 12.3. The van der Waals surface area contributed by atoms with Crippen molar-refractivity contribution < 1.29 is 13.2 Å². The molecule has 150 valence electrons. The molecule has 2 N–H and O–H groups in total. The molecule has 3 unspecified atom stereocenters. The Morgan fingerprint density at radius 3 is 2.44 bits per heavy atom. The number of sulfone groups is 1. The number of rotatable bonds is 8. The maximum absolute atomic E-state index is 11.2. The Labute approximate surface area is 170 Å². The molecule has 1 aliphatic heterocycles. The average molecular weight is 490 g/mol. The van der Waals surface area contributed by atoms with Gasteiger partial charge in [0, 0.05) is 45.5 Å². The van der Waals surface area contributed by atoms with E-state index in [1.165, 1.54) is 6.26 Å². The summed E-state index contributed by atoms with van der Waals surface area (Å²) in [5.74, 6) is 0.908. The zero-order valence-corrected chi connectivity index (χ0v) is 19.3. The molecule has 1 heterocycles. The van der Waals surface area contributed by atoms with Crippen LogP contribution in [0.4, 0.5) is 0 Å². The van der Waals surface area contributed by atoms with E-state index in [4.69, 9.17) is 4.74 Å². The van der Waals surface area contributed by atoms with Gasteiger partial charge in [-0.3, -0.25) is 9.89 Å². The molecule has 9 heteroatoms. The number of morpholine rings is 1. The molecule has 0 aromatic rings. The molecular weight excluding hydrogens is 455 g/mol. The SMILES string of the molecule is CN=C(NCCCN1CC(C)OC(C)C1)NC(C)CCS(C)(=O)=O.I. The van der Waals surface area contributed by atoms with Crippen LogP contribution < -0.4 is 10.6 Å². The van der Waals surface area contributed by atoms with Gasteiger partial charge in [0.25, 0.3) is 0 Å². The van der Waals surface area contributed by atoms with Crippen LogP contribution in [0.25, 0.3) is 0 Å². The highest BCUT2D eigenvalue weighted by atomic mass is 127. The van der Waals surface area contributed by atoms with Crippen LogP contribution in [0, 0.1) is 0 Å². The summed E-state index contributed by atoms with van der Waals surface area (Å²) in [7, 11) is -1.19. The number of ether oxygens (including phenoxy) is 1. The lowest BCUT2D eigenvalue weighted by Gasteiger charge is -2.35. The molecule has 0 amide bonds. The van der Waals surface area contributed by atoms with Gasteiger partial charge in [0.1, 0.15) is 9.84 Å². The molecule has 0 aromatic heterocycles. The number of halogens is 1. The summed E-state index contributed by atoms with van der Waals surface area (Å²) >= 11 is 0. The van der Waals surface area contributed by atoms with Gasteiger partial charge in [-0.15, -0.1) is 24.0 Å². The van der Waals surface area contributed by atoms with Crippen molar-refractivity contribution in [2.24, 2.45) is 4.99 Å². The summed E-state index contributed by atoms with van der Waals surface area (Å²) in [6.07, 6.45) is 3.46. The summed E-state index contributed by atoms with van der Waals surface area (Å²) < 4.78 is 28.2. The third kappa shape index (κ3) is 12.0. The van der Waals surface area contributed by atoms with Crippen molar-refractivity contribution in [3.05, 3.63) is 0 Å². The summed E-state index contributed by atoms with van der Waals surface area (Å²) in [4.78, 5) is 6.63. The van der Waals surface area contributed by atoms with Crippen LogP contribution in [0.15, 0.2) is 4.99 Å². The lowest BCUT2D eigenvalue weighted by Crippen LogP contribution is -2.47. The minimum Gasteiger partial charge on any atom is -0.373 e. The molecule has 1 fully saturated rings. The molecular formula is C16H35IN4O3S. The molecule has 1 aliphatic rings. The lowest BCUT2D eigenvalue weighted by atomic mass is 10.2. The van der Waals surface area contributed by atoms with Crippen LogP contribution in [0.3, 0.4) is 0 Å². The van der Waals surface area contributed by atoms with Crippen LogP contribution >= 0.6 is 24.0 Å². The summed E-state index contributed by atoms with van der Waals surface area (Å²) in [6, 6.07) is 0.0619. The predicted molar refractivity (Wildman–Crippen MR) is 115 cm³/mol. The van der Waals surface area contributed by atoms with Crippen molar-refractivity contribution in [1.82, 2.24) is 15.5 Å². The summed E-state index contributed by atoms with van der Waals surface area (Å²) in [5, 5.41) is 6.52. The Kier molecular flexibility index (Phi) is 12.2. The van der Waals surface area contributed by atoms with E-state index in [-0.39, 0.29) is 35.8 Å². The zero-order valence-electron chi connectivity index (χ0n) is 16.1. The number of guanidine groups is 1. The fraction of sp³-hybridized carbons (Fsp3) is 0.938. The number of nitrogens with zero attached hydrogens (tertiary/aromatic N) is 2. The molecule has 25 heavy (non-hydrogen) atoms. The van der Waals surface area contributed by atoms with Crippen molar-refractivity contribution in [2.45, 2.75) is 51.9 Å². The molecule has 1 saturated heterocycles. The van der Waals surface area contributed by atoms with Gasteiger partial charge in [-0.1, -0.05) is 0 Å². The quantitative estimate of drug-likeness (QED) is 0.230. The monoisotopic (exact) mass is 490 g/mol. The van der Waals surface area contributed by atoms with Gasteiger partial charge in [0.05, 0.1) is 18.0 Å². The van der Waals surface area contributed by atoms with Crippen molar-refractivity contribution in [3.8, 4) is 0 Å². The second-order valence-corrected chi connectivity index (χ2v) is 9.09. The first kappa shape index (κ1) is 24.9. The molecule has 7 nitrogen and oxygen atoms in total. The maximum atomic E-state index is 11.2. The molecule has 0 aromatic carbocycles. The predicted octanol–water partition coefficient (Wildman–Crippen LogP) is 1.09. The lowest BCUT2D eigenvalue weighted by molar-refractivity contribution is -0.0679. The van der Waals surface area contributed by atoms with Crippen molar-refractivity contribution in [2.75, 3.05) is 45.2 Å². The van der Waals surface area contributed by atoms with E-state index in [1.807, 2.05) is 6.92 Å². The van der Waals surface area contributed by atoms with Gasteiger partial charge >= 0.3 is 0 Å². The van der Waals surface area contributed by atoms with Gasteiger partial charge in [0.15, 0.2) is 5.96 Å². The van der Waals surface area contributed by atoms with Crippen LogP contribution in [-0.4, -0.2) is 82.8 Å². The Morgan fingerprint density at radius 2 is 1.92 bits per heavy atom. The summed E-state index contributed by atoms with van der Waals surface area (Å²) in [5.41, 5.74) is 0. The van der Waals surface area contributed by atoms with Gasteiger partial charge in [0.2, 0.25) is 0 Å². The number of aliphatic imine (C=N–C) groups is 1. The second-order valence-electron chi connectivity index (χ2n) is 6.83. The van der Waals surface area contributed by atoms with Crippen LogP contribution in [0.2, 0.25) is 0 Å². The fourth-order valence-electron chi connectivity index (χ4n) is 2.87. The first-order chi connectivity index (χ1) is 11.2. The van der Waals surface area contributed by atoms with E-state index < -0.39 is 9.84 Å². The van der Waals surface area contributed by atoms with Crippen LogP contribution in [0.1, 0.15) is 33.6 Å². The molecule has 0 aliphatic carbocycles. The highest BCUT2D eigenvalue weighted by Crippen LogP contribution is 2.10. The molecule has 0 saturated carbocycles. The smallest absolute Gasteiger partial charge is 0.191 e. The Balaban J connectivity index is 0.00000576. The number of nitrogens with one attached hydrogen (secondary N) is 2. The highest BCUT2D eigenvalue weighted by Gasteiger charge is 2.21. The minimum absolute atomic E-state index is 0. The van der Waals surface area contributed by atoms with E-state index in [0.29, 0.717) is 18.6 Å². The topological polar surface area (TPSA) is 83.0 Å². The first-order valence-electron chi connectivity index (χ1n) is 8.72. The normalized spacial score (nSPS) is 23.6. The Bertz CT molecular complexity index is 492. The van der Waals surface area contributed by atoms with Crippen molar-refractivity contribution in [3.63, 3.8) is 0 Å². The standard InChI is InChI=1S/C16H34N4O3S.HI/c1-13(7-10-24(5,21)22)19-16(17-4)18-8-6-9-20-11-14(2)23-15(3)12-20;/h13-15H,6-12H2,1-5H3,(H2,17,18,19);1H. The Morgan fingerprint density at radius 1 is 1.32 bits per heavy atom. The van der Waals surface area contributed by atoms with E-state index >= 15 is 0 Å². The van der Waals surface area contributed by atoms with E-state index in [0.717, 1.165) is 38.6 Å². The molecule has 1 rings (SSSR count). The number of hydrogen-bond donors (Lipinski definition) is 2. The molecule has 0 radical (unpaired) electrons. The van der Waals surface area contributed by atoms with Gasteiger partial charge < -0.3 is 15.4 Å². The highest BCUT2D eigenvalue weighted by molar-refractivity contribution is 14.0. The largest absolute Gasteiger partial charge is 0.373 e. The first-order valence-corrected chi connectivity index (χ1v) is 10.8. The maximum Gasteiger partial charge on any atom is 0.191 e. The minimum atomic E-state index is -2.92. The number of hydrogen-bond acceptors (Lipinski definition) is 5. The molecule has 0 bridgehead atoms. The summed E-state index contributed by atoms with van der Waals surface area (Å²) in [6.45, 7) is 10.0. The Hall–Kier alpha value is -0.130. The average Bonchev–Trinajstić information content (AvgIpc) is 2.46. The fourth-order valence-corrected chi connectivity index (χ4v) is 3.65. The molecule has 3 atom stereocenters. The van der Waals surface area contributed by atoms with E-state index in [1.54, 1.807) is 7.05 Å². The van der Waals surface area contributed by atoms with Crippen LogP contribution in [-0.2, 0) is 14.6 Å². The van der Waals surface area contributed by atoms with Gasteiger partial charge in [-0.25, -0.2) is 8.42 Å². The van der Waals surface area contributed by atoms with Crippen LogP contribution in [0.5, 0.6) is 0 Å².